The molecule has 2 aliphatic rings. The molecule has 1 atom stereocenters. The van der Waals surface area contributed by atoms with Gasteiger partial charge in [0.1, 0.15) is 6.61 Å². The largest absolute Gasteiger partial charge is 0.493 e. The average Bonchev–Trinajstić information content (AvgIpc) is 3.62. The maximum Gasteiger partial charge on any atom is 0.338 e. The molecule has 9 nitrogen and oxygen atoms in total. The number of allylic oxidation sites excluding steroid dienone is 1. The molecule has 0 radical (unpaired) electrons. The minimum atomic E-state index is -0.645. The zero-order valence-corrected chi connectivity index (χ0v) is 24.1. The Labute approximate surface area is 245 Å². The lowest BCUT2D eigenvalue weighted by molar-refractivity contribution is -0.136. The molecule has 3 heterocycles. The Balaban J connectivity index is 1.35. The predicted molar refractivity (Wildman–Crippen MR) is 157 cm³/mol. The molecule has 0 N–H and O–H groups in total. The van der Waals surface area contributed by atoms with E-state index in [0.717, 1.165) is 16.7 Å². The number of carbonyl (C=O) groups is 1. The lowest BCUT2D eigenvalue weighted by atomic mass is 9.95. The van der Waals surface area contributed by atoms with Crippen molar-refractivity contribution in [2.45, 2.75) is 26.0 Å². The summed E-state index contributed by atoms with van der Waals surface area (Å²) >= 11 is 1.28. The van der Waals surface area contributed by atoms with E-state index in [1.54, 1.807) is 17.8 Å². The molecule has 3 aromatic carbocycles. The highest BCUT2D eigenvalue weighted by atomic mass is 32.1. The van der Waals surface area contributed by atoms with Crippen LogP contribution in [0.25, 0.3) is 6.08 Å². The summed E-state index contributed by atoms with van der Waals surface area (Å²) < 4.78 is 29.6. The van der Waals surface area contributed by atoms with Crippen LogP contribution < -0.4 is 33.8 Å². The van der Waals surface area contributed by atoms with Crippen molar-refractivity contribution in [2.24, 2.45) is 4.99 Å². The van der Waals surface area contributed by atoms with Crippen molar-refractivity contribution in [1.29, 1.82) is 0 Å². The molecular weight excluding hydrogens is 556 g/mol. The van der Waals surface area contributed by atoms with Crippen molar-refractivity contribution in [3.05, 3.63) is 114 Å². The summed E-state index contributed by atoms with van der Waals surface area (Å²) in [6, 6.07) is 20.0. The third-order valence-corrected chi connectivity index (χ3v) is 8.07. The molecule has 0 unspecified atom stereocenters. The van der Waals surface area contributed by atoms with E-state index in [-0.39, 0.29) is 12.4 Å². The van der Waals surface area contributed by atoms with Crippen LogP contribution in [0.4, 0.5) is 0 Å². The summed E-state index contributed by atoms with van der Waals surface area (Å²) in [5.41, 5.74) is 3.22. The van der Waals surface area contributed by atoms with E-state index in [9.17, 15) is 9.59 Å². The van der Waals surface area contributed by atoms with Gasteiger partial charge >= 0.3 is 5.97 Å². The molecule has 214 valence electrons. The number of hydrogen-bond donors (Lipinski definition) is 0. The summed E-state index contributed by atoms with van der Waals surface area (Å²) in [6.07, 6.45) is 2.31. The SMILES string of the molecule is CCC1=C(C(=O)OC)[C@@H](c2ccccc2)n2c(s/c(=C\c3ccc(OCc4ccc5c(c4)OCO5)c(OC)c3)c2=O)=N1. The van der Waals surface area contributed by atoms with E-state index in [1.807, 2.05) is 73.7 Å². The maximum atomic E-state index is 13.8. The second-order valence-electron chi connectivity index (χ2n) is 9.59. The van der Waals surface area contributed by atoms with E-state index in [1.165, 1.54) is 18.4 Å². The number of carbonyl (C=O) groups excluding carboxylic acids is 1. The van der Waals surface area contributed by atoms with E-state index in [2.05, 4.69) is 0 Å². The number of hydrogen-bond acceptors (Lipinski definition) is 9. The van der Waals surface area contributed by atoms with Crippen LogP contribution in [0.1, 0.15) is 36.1 Å². The lowest BCUT2D eigenvalue weighted by Gasteiger charge is -2.25. The van der Waals surface area contributed by atoms with Gasteiger partial charge in [-0.1, -0.05) is 60.7 Å². The van der Waals surface area contributed by atoms with Gasteiger partial charge in [-0.2, -0.15) is 0 Å². The molecular formula is C32H28N2O7S. The first-order valence-corrected chi connectivity index (χ1v) is 14.2. The Morgan fingerprint density at radius 3 is 2.62 bits per heavy atom. The van der Waals surface area contributed by atoms with Gasteiger partial charge in [0.05, 0.1) is 36.1 Å². The summed E-state index contributed by atoms with van der Waals surface area (Å²) in [5.74, 6) is 2.00. The maximum absolute atomic E-state index is 13.8. The van der Waals surface area contributed by atoms with Gasteiger partial charge < -0.3 is 23.7 Å². The molecule has 0 spiro atoms. The predicted octanol–water partition coefficient (Wildman–Crippen LogP) is 4.11. The highest BCUT2D eigenvalue weighted by Gasteiger charge is 2.33. The number of benzene rings is 3. The van der Waals surface area contributed by atoms with Crippen LogP contribution in [0.2, 0.25) is 0 Å². The standard InChI is InChI=1S/C32H28N2O7S/c1-4-22-28(31(36)38-3)29(21-8-6-5-7-9-21)34-30(35)27(42-32(34)33-22)16-19-10-12-23(25(14-19)37-2)39-17-20-11-13-24-26(15-20)41-18-40-24/h5-16,29H,4,17-18H2,1-3H3/b27-16-/t29-/m1/s1. The van der Waals surface area contributed by atoms with Crippen molar-refractivity contribution in [3.63, 3.8) is 0 Å². The van der Waals surface area contributed by atoms with Crippen LogP contribution in [0, 0.1) is 0 Å². The van der Waals surface area contributed by atoms with Crippen molar-refractivity contribution in [2.75, 3.05) is 21.0 Å². The Bertz CT molecular complexity index is 1870. The minimum absolute atomic E-state index is 0.214. The minimum Gasteiger partial charge on any atom is -0.493 e. The quantitative estimate of drug-likeness (QED) is 0.288. The Morgan fingerprint density at radius 1 is 1.05 bits per heavy atom. The summed E-state index contributed by atoms with van der Waals surface area (Å²) in [6.45, 7) is 2.46. The third-order valence-electron chi connectivity index (χ3n) is 7.08. The number of esters is 1. The van der Waals surface area contributed by atoms with Gasteiger partial charge in [0.15, 0.2) is 27.8 Å². The van der Waals surface area contributed by atoms with Gasteiger partial charge in [-0.3, -0.25) is 9.36 Å². The van der Waals surface area contributed by atoms with E-state index in [0.29, 0.717) is 56.6 Å². The van der Waals surface area contributed by atoms with Crippen molar-refractivity contribution in [3.8, 4) is 23.0 Å². The Morgan fingerprint density at radius 2 is 1.86 bits per heavy atom. The molecule has 1 aromatic heterocycles. The summed E-state index contributed by atoms with van der Waals surface area (Å²) in [4.78, 5) is 32.0. The van der Waals surface area contributed by atoms with Gasteiger partial charge in [-0.15, -0.1) is 0 Å². The van der Waals surface area contributed by atoms with E-state index < -0.39 is 12.0 Å². The fourth-order valence-electron chi connectivity index (χ4n) is 5.05. The number of aromatic nitrogens is 1. The molecule has 6 rings (SSSR count). The molecule has 0 bridgehead atoms. The first kappa shape index (κ1) is 27.3. The van der Waals surface area contributed by atoms with Crippen LogP contribution in [0.15, 0.2) is 87.8 Å². The number of fused-ring (bicyclic) bond motifs is 2. The number of nitrogens with zero attached hydrogens (tertiary/aromatic N) is 2. The molecule has 2 aliphatic heterocycles. The van der Waals surface area contributed by atoms with Gasteiger partial charge in [-0.05, 0) is 53.5 Å². The molecule has 0 amide bonds. The number of methoxy groups -OCH3 is 2. The summed E-state index contributed by atoms with van der Waals surface area (Å²) in [7, 11) is 2.91. The Kier molecular flexibility index (Phi) is 7.54. The van der Waals surface area contributed by atoms with Crippen molar-refractivity contribution >= 4 is 23.4 Å². The summed E-state index contributed by atoms with van der Waals surface area (Å²) in [5, 5.41) is 0. The third kappa shape index (κ3) is 5.05. The molecule has 0 fully saturated rings. The highest BCUT2D eigenvalue weighted by Crippen LogP contribution is 2.34. The van der Waals surface area contributed by atoms with Crippen LogP contribution in [-0.2, 0) is 16.1 Å². The molecule has 0 saturated carbocycles. The van der Waals surface area contributed by atoms with Gasteiger partial charge in [0.25, 0.3) is 5.56 Å². The van der Waals surface area contributed by atoms with Crippen LogP contribution >= 0.6 is 11.3 Å². The zero-order valence-electron chi connectivity index (χ0n) is 23.3. The molecule has 4 aromatic rings. The van der Waals surface area contributed by atoms with Gasteiger partial charge in [0.2, 0.25) is 6.79 Å². The highest BCUT2D eigenvalue weighted by molar-refractivity contribution is 7.07. The van der Waals surface area contributed by atoms with Gasteiger partial charge in [-0.25, -0.2) is 9.79 Å². The van der Waals surface area contributed by atoms with Crippen LogP contribution in [0.5, 0.6) is 23.0 Å². The second kappa shape index (κ2) is 11.6. The lowest BCUT2D eigenvalue weighted by Crippen LogP contribution is -2.40. The molecule has 42 heavy (non-hydrogen) atoms. The van der Waals surface area contributed by atoms with Crippen molar-refractivity contribution in [1.82, 2.24) is 4.57 Å². The first-order chi connectivity index (χ1) is 20.5. The van der Waals surface area contributed by atoms with Gasteiger partial charge in [0, 0.05) is 0 Å². The van der Waals surface area contributed by atoms with Crippen LogP contribution in [0.3, 0.4) is 0 Å². The Hall–Kier alpha value is -4.83. The average molecular weight is 585 g/mol. The topological polar surface area (TPSA) is 97.6 Å². The first-order valence-electron chi connectivity index (χ1n) is 13.4. The molecule has 0 aliphatic carbocycles. The number of rotatable bonds is 8. The normalized spacial score (nSPS) is 15.7. The number of thiazole rings is 1. The zero-order chi connectivity index (χ0) is 29.2. The monoisotopic (exact) mass is 584 g/mol. The number of ether oxygens (including phenoxy) is 5. The van der Waals surface area contributed by atoms with Crippen molar-refractivity contribution < 1.29 is 28.5 Å². The fraction of sp³-hybridized carbons (Fsp3) is 0.219. The van der Waals surface area contributed by atoms with Crippen LogP contribution in [-0.4, -0.2) is 31.5 Å². The molecule has 0 saturated heterocycles. The fourth-order valence-corrected chi connectivity index (χ4v) is 6.07. The van der Waals surface area contributed by atoms with E-state index >= 15 is 0 Å². The smallest absolute Gasteiger partial charge is 0.338 e. The molecule has 10 heteroatoms. The van der Waals surface area contributed by atoms with E-state index in [4.69, 9.17) is 28.7 Å². The second-order valence-corrected chi connectivity index (χ2v) is 10.6.